The second-order valence-corrected chi connectivity index (χ2v) is 19.8. The van der Waals surface area contributed by atoms with Crippen LogP contribution in [-0.2, 0) is 23.7 Å². The van der Waals surface area contributed by atoms with Crippen molar-refractivity contribution in [1.82, 2.24) is 34.5 Å². The molecule has 2 amide bonds. The highest BCUT2D eigenvalue weighted by Gasteiger charge is 2.51. The second-order valence-electron chi connectivity index (χ2n) is 19.8. The Bertz CT molecular complexity index is 2900. The zero-order chi connectivity index (χ0) is 46.4. The lowest BCUT2D eigenvalue weighted by atomic mass is 9.74. The topological polar surface area (TPSA) is 155 Å². The van der Waals surface area contributed by atoms with E-state index < -0.39 is 30.0 Å². The van der Waals surface area contributed by atoms with E-state index in [1.807, 2.05) is 38.2 Å². The lowest BCUT2D eigenvalue weighted by molar-refractivity contribution is -0.134. The summed E-state index contributed by atoms with van der Waals surface area (Å²) in [6, 6.07) is 7.77. The molecule has 5 aromatic rings. The van der Waals surface area contributed by atoms with Gasteiger partial charge in [-0.15, -0.1) is 0 Å². The smallest absolute Gasteiger partial charge is 0.301 e. The number of pyridine rings is 1. The van der Waals surface area contributed by atoms with Gasteiger partial charge in [-0.3, -0.25) is 24.4 Å². The predicted octanol–water partition coefficient (Wildman–Crippen LogP) is 6.87. The fourth-order valence-electron chi connectivity index (χ4n) is 11.1. The number of nitrogens with one attached hydrogen (secondary N) is 3. The molecular formula is C49H56F3N11O4. The number of halogens is 3. The number of amides is 2. The standard InChI is InChI=1S/C49H56F3N11O4/c1-28-25-53-47(57-44(28)54-31-6-8-36-33(22-31)41-42(46(66)59(36)2)67-27-49(51,52)43(56-41)30-4-5-30)63-20-14-48(15-21-63)12-18-61(19-13-48)26-29-10-16-62(17-11-29)38-24-37-34(23-35(38)50)40(58-60(37)3)32-7-9-39(64)55-45(32)65/h6,8,14,20,22-25,29-30,32,43,56H,4-5,7,9-13,15-19,21,26-27H2,1-3H3,(H,53,54,57)(H,55,64,65)/t32?,43-/m0/s1. The summed E-state index contributed by atoms with van der Waals surface area (Å²) in [6.07, 6.45) is 13.4. The normalized spacial score (nSPS) is 23.3. The molecule has 4 fully saturated rings. The molecule has 11 rings (SSSR count). The van der Waals surface area contributed by atoms with Gasteiger partial charge in [0.05, 0.1) is 40.1 Å². The van der Waals surface area contributed by atoms with Crippen molar-refractivity contribution in [2.75, 3.05) is 66.3 Å². The van der Waals surface area contributed by atoms with Gasteiger partial charge in [-0.2, -0.15) is 10.1 Å². The first-order valence-electron chi connectivity index (χ1n) is 23.7. The summed E-state index contributed by atoms with van der Waals surface area (Å²) < 4.78 is 54.9. The molecule has 0 radical (unpaired) electrons. The summed E-state index contributed by atoms with van der Waals surface area (Å²) in [6.45, 7) is 6.48. The molecule has 352 valence electrons. The molecule has 5 aliphatic heterocycles. The van der Waals surface area contributed by atoms with Crippen LogP contribution in [0, 0.1) is 30.0 Å². The molecule has 2 aromatic carbocycles. The third-order valence-electron chi connectivity index (χ3n) is 15.4. The highest BCUT2D eigenvalue weighted by molar-refractivity contribution is 6.03. The highest BCUT2D eigenvalue weighted by Crippen LogP contribution is 2.46. The first-order chi connectivity index (χ1) is 32.2. The van der Waals surface area contributed by atoms with E-state index in [0.29, 0.717) is 76.0 Å². The number of aryl methyl sites for hydroxylation is 3. The van der Waals surface area contributed by atoms with E-state index in [1.165, 1.54) is 10.6 Å². The summed E-state index contributed by atoms with van der Waals surface area (Å²) in [7, 11) is 3.43. The lowest BCUT2D eigenvalue weighted by Crippen LogP contribution is -2.45. The molecular weight excluding hydrogens is 864 g/mol. The minimum absolute atomic E-state index is 0.0885. The Kier molecular flexibility index (Phi) is 10.7. The number of carbonyl (C=O) groups excluding carboxylic acids is 2. The molecule has 3 N–H and O–H groups in total. The number of nitrogens with zero attached hydrogens (tertiary/aromatic N) is 8. The number of ether oxygens (including phenoxy) is 1. The quantitative estimate of drug-likeness (QED) is 0.139. The van der Waals surface area contributed by atoms with Gasteiger partial charge >= 0.3 is 5.92 Å². The SMILES string of the molecule is Cc1cnc(N2C=CC3(CCN(CC4CCN(c5cc6c(cc5F)c(C5CCC(=O)NC5=O)nn6C)CC4)CC3)CC2)nc1Nc1ccc2c(c1)c1c(c(=O)n2C)OCC(F)(F)[C@H](C2CC2)N1. The number of piperidine rings is 3. The number of anilines is 5. The molecule has 8 heterocycles. The maximum Gasteiger partial charge on any atom is 0.301 e. The van der Waals surface area contributed by atoms with Crippen molar-refractivity contribution in [3.8, 4) is 5.75 Å². The molecule has 6 aliphatic rings. The maximum atomic E-state index is 15.8. The Hall–Kier alpha value is -6.17. The van der Waals surface area contributed by atoms with Crippen LogP contribution in [0.2, 0.25) is 0 Å². The Morgan fingerprint density at radius 1 is 0.925 bits per heavy atom. The molecule has 67 heavy (non-hydrogen) atoms. The Morgan fingerprint density at radius 2 is 1.70 bits per heavy atom. The summed E-state index contributed by atoms with van der Waals surface area (Å²) in [5, 5.41) is 14.7. The Morgan fingerprint density at radius 3 is 2.43 bits per heavy atom. The van der Waals surface area contributed by atoms with Crippen molar-refractivity contribution in [3.63, 3.8) is 0 Å². The van der Waals surface area contributed by atoms with E-state index in [-0.39, 0.29) is 41.1 Å². The van der Waals surface area contributed by atoms with E-state index in [2.05, 4.69) is 48.0 Å². The number of aromatic nitrogens is 5. The number of benzene rings is 2. The zero-order valence-electron chi connectivity index (χ0n) is 38.1. The Labute approximate surface area is 385 Å². The van der Waals surface area contributed by atoms with Crippen molar-refractivity contribution in [3.05, 3.63) is 76.2 Å². The average molecular weight is 920 g/mol. The van der Waals surface area contributed by atoms with Crippen molar-refractivity contribution in [2.24, 2.45) is 31.3 Å². The van der Waals surface area contributed by atoms with E-state index in [4.69, 9.17) is 14.7 Å². The molecule has 2 atom stereocenters. The molecule has 18 heteroatoms. The number of fused-ring (bicyclic) bond motifs is 4. The summed E-state index contributed by atoms with van der Waals surface area (Å²) in [5.41, 5.74) is 3.94. The van der Waals surface area contributed by atoms with Crippen LogP contribution in [0.1, 0.15) is 75.0 Å². The van der Waals surface area contributed by atoms with Crippen LogP contribution in [0.4, 0.5) is 42.0 Å². The largest absolute Gasteiger partial charge is 0.480 e. The van der Waals surface area contributed by atoms with Crippen LogP contribution in [0.25, 0.3) is 21.8 Å². The van der Waals surface area contributed by atoms with Gasteiger partial charge < -0.3 is 34.6 Å². The van der Waals surface area contributed by atoms with Gasteiger partial charge in [0.25, 0.3) is 5.56 Å². The van der Waals surface area contributed by atoms with E-state index >= 15 is 13.2 Å². The minimum atomic E-state index is -3.12. The fourth-order valence-corrected chi connectivity index (χ4v) is 11.1. The second kappa shape index (κ2) is 16.6. The number of allylic oxidation sites excluding steroid dienone is 1. The molecule has 1 aliphatic carbocycles. The molecule has 3 aromatic heterocycles. The number of alkyl halides is 2. The maximum absolute atomic E-state index is 15.8. The molecule has 0 bridgehead atoms. The third kappa shape index (κ3) is 8.03. The monoisotopic (exact) mass is 919 g/mol. The van der Waals surface area contributed by atoms with Gasteiger partial charge in [-0.1, -0.05) is 6.08 Å². The van der Waals surface area contributed by atoms with Gasteiger partial charge in [0.2, 0.25) is 23.5 Å². The van der Waals surface area contributed by atoms with Gasteiger partial charge in [-0.05, 0) is 119 Å². The van der Waals surface area contributed by atoms with Crippen LogP contribution < -0.4 is 36.0 Å². The third-order valence-corrected chi connectivity index (χ3v) is 15.4. The molecule has 15 nitrogen and oxygen atoms in total. The van der Waals surface area contributed by atoms with Crippen molar-refractivity contribution >= 4 is 62.4 Å². The fraction of sp³-hybridized carbons (Fsp3) is 0.510. The summed E-state index contributed by atoms with van der Waals surface area (Å²) in [4.78, 5) is 54.1. The average Bonchev–Trinajstić information content (AvgIpc) is 4.12. The number of hydrogen-bond acceptors (Lipinski definition) is 12. The van der Waals surface area contributed by atoms with Crippen LogP contribution in [-0.4, -0.2) is 98.9 Å². The number of hydrogen-bond donors (Lipinski definition) is 3. The van der Waals surface area contributed by atoms with E-state index in [1.54, 1.807) is 17.9 Å². The molecule has 1 spiro atoms. The summed E-state index contributed by atoms with van der Waals surface area (Å²) >= 11 is 0. The van der Waals surface area contributed by atoms with Crippen LogP contribution >= 0.6 is 0 Å². The molecule has 1 saturated carbocycles. The first kappa shape index (κ1) is 43.4. The van der Waals surface area contributed by atoms with Crippen LogP contribution in [0.5, 0.6) is 5.75 Å². The van der Waals surface area contributed by atoms with Crippen molar-refractivity contribution in [1.29, 1.82) is 0 Å². The van der Waals surface area contributed by atoms with Gasteiger partial charge in [0.15, 0.2) is 6.61 Å². The van der Waals surface area contributed by atoms with E-state index in [0.717, 1.165) is 82.5 Å². The molecule has 3 saturated heterocycles. The van der Waals surface area contributed by atoms with Gasteiger partial charge in [0, 0.05) is 81.1 Å². The lowest BCUT2D eigenvalue weighted by Gasteiger charge is -2.44. The molecule has 1 unspecified atom stereocenters. The number of carbonyl (C=O) groups is 2. The van der Waals surface area contributed by atoms with E-state index in [9.17, 15) is 14.4 Å². The first-order valence-corrected chi connectivity index (χ1v) is 23.7. The zero-order valence-corrected chi connectivity index (χ0v) is 38.1. The summed E-state index contributed by atoms with van der Waals surface area (Å²) in [5.74, 6) is -3.21. The minimum Gasteiger partial charge on any atom is -0.480 e. The predicted molar refractivity (Wildman–Crippen MR) is 250 cm³/mol. The Balaban J connectivity index is 0.707. The number of rotatable bonds is 8. The van der Waals surface area contributed by atoms with Gasteiger partial charge in [0.1, 0.15) is 11.6 Å². The van der Waals surface area contributed by atoms with Crippen LogP contribution in [0.15, 0.2) is 53.6 Å². The number of imide groups is 1. The number of likely N-dealkylation sites (tertiary alicyclic amines) is 1. The van der Waals surface area contributed by atoms with Gasteiger partial charge in [-0.25, -0.2) is 18.2 Å². The van der Waals surface area contributed by atoms with Crippen molar-refractivity contribution in [2.45, 2.75) is 82.6 Å². The highest BCUT2D eigenvalue weighted by atomic mass is 19.3. The van der Waals surface area contributed by atoms with Crippen molar-refractivity contribution < 1.29 is 27.5 Å². The van der Waals surface area contributed by atoms with Crippen LogP contribution in [0.3, 0.4) is 0 Å².